The number of aryl methyl sites for hydroxylation is 1. The summed E-state index contributed by atoms with van der Waals surface area (Å²) in [5.74, 6) is -0.859. The molecule has 0 saturated carbocycles. The van der Waals surface area contributed by atoms with Crippen molar-refractivity contribution < 1.29 is 19.4 Å². The number of carbonyl (C=O) groups is 2. The highest BCUT2D eigenvalue weighted by Gasteiger charge is 2.08. The van der Waals surface area contributed by atoms with Crippen molar-refractivity contribution in [2.24, 2.45) is 0 Å². The Morgan fingerprint density at radius 2 is 1.92 bits per heavy atom. The van der Waals surface area contributed by atoms with Gasteiger partial charge in [-0.05, 0) is 55.0 Å². The number of carbonyl (C=O) groups excluding carboxylic acids is 1. The molecule has 24 heavy (non-hydrogen) atoms. The van der Waals surface area contributed by atoms with Gasteiger partial charge in [-0.15, -0.1) is 0 Å². The second-order valence-electron chi connectivity index (χ2n) is 4.99. The molecule has 0 heterocycles. The molecule has 1 amide bonds. The molecule has 0 unspecified atom stereocenters. The number of ether oxygens (including phenoxy) is 1. The Morgan fingerprint density at radius 1 is 1.17 bits per heavy atom. The number of thiocarbonyl (C=S) groups is 1. The number of carboxylic acid groups (broad SMARTS) is 1. The first-order valence-electron chi connectivity index (χ1n) is 7.08. The van der Waals surface area contributed by atoms with E-state index in [0.29, 0.717) is 11.4 Å². The largest absolute Gasteiger partial charge is 0.484 e. The van der Waals surface area contributed by atoms with E-state index in [1.807, 2.05) is 25.1 Å². The van der Waals surface area contributed by atoms with Crippen LogP contribution < -0.4 is 15.4 Å². The first-order valence-corrected chi connectivity index (χ1v) is 7.48. The van der Waals surface area contributed by atoms with Crippen LogP contribution in [0, 0.1) is 6.92 Å². The van der Waals surface area contributed by atoms with Crippen molar-refractivity contribution in [2.75, 3.05) is 11.9 Å². The fourth-order valence-corrected chi connectivity index (χ4v) is 2.14. The first kappa shape index (κ1) is 17.4. The van der Waals surface area contributed by atoms with Crippen molar-refractivity contribution in [1.29, 1.82) is 0 Å². The Hall–Kier alpha value is -2.93. The molecular formula is C17H16N2O4S. The standard InChI is InChI=1S/C17H16N2O4S/c1-11-4-2-7-14(8-11)23-10-15(20)19-17(24)18-13-6-3-5-12(9-13)16(21)22/h2-9H,10H2,1H3,(H,21,22)(H2,18,19,20,24). The quantitative estimate of drug-likeness (QED) is 0.723. The number of nitrogens with one attached hydrogen (secondary N) is 2. The molecule has 2 aromatic carbocycles. The van der Waals surface area contributed by atoms with Crippen LogP contribution in [0.15, 0.2) is 48.5 Å². The number of hydrogen-bond donors (Lipinski definition) is 3. The van der Waals surface area contributed by atoms with Crippen LogP contribution in [0.5, 0.6) is 5.75 Å². The summed E-state index contributed by atoms with van der Waals surface area (Å²) in [5, 5.41) is 14.2. The normalized spacial score (nSPS) is 9.88. The topological polar surface area (TPSA) is 87.7 Å². The average Bonchev–Trinajstić information content (AvgIpc) is 2.53. The molecule has 2 rings (SSSR count). The SMILES string of the molecule is Cc1cccc(OCC(=O)NC(=S)Nc2cccc(C(=O)O)c2)c1. The minimum Gasteiger partial charge on any atom is -0.484 e. The number of benzene rings is 2. The van der Waals surface area contributed by atoms with E-state index in [9.17, 15) is 9.59 Å². The van der Waals surface area contributed by atoms with Gasteiger partial charge in [0.1, 0.15) is 5.75 Å². The van der Waals surface area contributed by atoms with Gasteiger partial charge in [0.15, 0.2) is 11.7 Å². The van der Waals surface area contributed by atoms with Crippen molar-refractivity contribution in [3.8, 4) is 5.75 Å². The van der Waals surface area contributed by atoms with Gasteiger partial charge in [-0.25, -0.2) is 4.79 Å². The Kier molecular flexibility index (Phi) is 5.86. The highest BCUT2D eigenvalue weighted by atomic mass is 32.1. The molecule has 0 saturated heterocycles. The number of amides is 1. The molecule has 3 N–H and O–H groups in total. The summed E-state index contributed by atoms with van der Waals surface area (Å²) in [6.45, 7) is 1.75. The zero-order valence-corrected chi connectivity index (χ0v) is 13.7. The highest BCUT2D eigenvalue weighted by molar-refractivity contribution is 7.80. The van der Waals surface area contributed by atoms with E-state index in [1.165, 1.54) is 12.1 Å². The van der Waals surface area contributed by atoms with Crippen LogP contribution in [0.2, 0.25) is 0 Å². The van der Waals surface area contributed by atoms with Gasteiger partial charge in [0.2, 0.25) is 0 Å². The second kappa shape index (κ2) is 8.07. The lowest BCUT2D eigenvalue weighted by molar-refractivity contribution is -0.121. The molecule has 124 valence electrons. The van der Waals surface area contributed by atoms with Crippen molar-refractivity contribution in [3.63, 3.8) is 0 Å². The molecule has 0 spiro atoms. The van der Waals surface area contributed by atoms with Crippen LogP contribution in [0.1, 0.15) is 15.9 Å². The molecule has 0 atom stereocenters. The highest BCUT2D eigenvalue weighted by Crippen LogP contribution is 2.12. The maximum atomic E-state index is 11.8. The molecule has 6 nitrogen and oxygen atoms in total. The summed E-state index contributed by atoms with van der Waals surface area (Å²) in [5.41, 5.74) is 1.63. The van der Waals surface area contributed by atoms with Crippen molar-refractivity contribution in [1.82, 2.24) is 5.32 Å². The zero-order chi connectivity index (χ0) is 17.5. The minimum atomic E-state index is -1.04. The lowest BCUT2D eigenvalue weighted by atomic mass is 10.2. The third-order valence-electron chi connectivity index (χ3n) is 2.98. The molecule has 0 aliphatic heterocycles. The van der Waals surface area contributed by atoms with Crippen molar-refractivity contribution >= 4 is 34.9 Å². The monoisotopic (exact) mass is 344 g/mol. The number of rotatable bonds is 5. The van der Waals surface area contributed by atoms with E-state index in [-0.39, 0.29) is 17.3 Å². The summed E-state index contributed by atoms with van der Waals surface area (Å²) in [6, 6.07) is 13.5. The van der Waals surface area contributed by atoms with Gasteiger partial charge >= 0.3 is 5.97 Å². The number of hydrogen-bond acceptors (Lipinski definition) is 4. The van der Waals surface area contributed by atoms with Gasteiger partial charge in [0.05, 0.1) is 5.56 Å². The maximum Gasteiger partial charge on any atom is 0.335 e. The van der Waals surface area contributed by atoms with Gasteiger partial charge < -0.3 is 15.2 Å². The number of aromatic carboxylic acids is 1. The van der Waals surface area contributed by atoms with Crippen LogP contribution >= 0.6 is 12.2 Å². The molecule has 7 heteroatoms. The zero-order valence-electron chi connectivity index (χ0n) is 12.9. The lowest BCUT2D eigenvalue weighted by Crippen LogP contribution is -2.37. The molecule has 0 fully saturated rings. The van der Waals surface area contributed by atoms with E-state index in [4.69, 9.17) is 22.1 Å². The van der Waals surface area contributed by atoms with Crippen LogP contribution in [-0.4, -0.2) is 28.7 Å². The molecular weight excluding hydrogens is 328 g/mol. The first-order chi connectivity index (χ1) is 11.4. The minimum absolute atomic E-state index is 0.0652. The van der Waals surface area contributed by atoms with E-state index >= 15 is 0 Å². The Morgan fingerprint density at radius 3 is 2.62 bits per heavy atom. The van der Waals surface area contributed by atoms with Crippen molar-refractivity contribution in [2.45, 2.75) is 6.92 Å². The van der Waals surface area contributed by atoms with Gasteiger partial charge in [-0.1, -0.05) is 18.2 Å². The van der Waals surface area contributed by atoms with E-state index < -0.39 is 11.9 Å². The summed E-state index contributed by atoms with van der Waals surface area (Å²) in [4.78, 5) is 22.7. The Labute approximate surface area is 144 Å². The summed E-state index contributed by atoms with van der Waals surface area (Å²) >= 11 is 5.03. The predicted molar refractivity (Wildman–Crippen MR) is 94.4 cm³/mol. The van der Waals surface area contributed by atoms with Crippen LogP contribution in [0.3, 0.4) is 0 Å². The van der Waals surface area contributed by atoms with Crippen LogP contribution in [0.25, 0.3) is 0 Å². The average molecular weight is 344 g/mol. The van der Waals surface area contributed by atoms with E-state index in [1.54, 1.807) is 18.2 Å². The van der Waals surface area contributed by atoms with Crippen molar-refractivity contribution in [3.05, 3.63) is 59.7 Å². The Balaban J connectivity index is 1.84. The Bertz CT molecular complexity index is 777. The summed E-state index contributed by atoms with van der Waals surface area (Å²) in [7, 11) is 0. The fraction of sp³-hybridized carbons (Fsp3) is 0.118. The smallest absolute Gasteiger partial charge is 0.335 e. The third-order valence-corrected chi connectivity index (χ3v) is 3.18. The van der Waals surface area contributed by atoms with Gasteiger partial charge in [0.25, 0.3) is 5.91 Å². The van der Waals surface area contributed by atoms with Crippen LogP contribution in [-0.2, 0) is 4.79 Å². The van der Waals surface area contributed by atoms with Gasteiger partial charge in [0, 0.05) is 5.69 Å². The van der Waals surface area contributed by atoms with E-state index in [0.717, 1.165) is 5.56 Å². The maximum absolute atomic E-state index is 11.8. The summed E-state index contributed by atoms with van der Waals surface area (Å²) < 4.78 is 5.37. The van der Waals surface area contributed by atoms with Gasteiger partial charge in [-0.2, -0.15) is 0 Å². The third kappa shape index (κ3) is 5.36. The van der Waals surface area contributed by atoms with Gasteiger partial charge in [-0.3, -0.25) is 10.1 Å². The van der Waals surface area contributed by atoms with E-state index in [2.05, 4.69) is 10.6 Å². The molecule has 0 aliphatic rings. The molecule has 0 bridgehead atoms. The second-order valence-corrected chi connectivity index (χ2v) is 5.40. The predicted octanol–water partition coefficient (Wildman–Crippen LogP) is 2.59. The number of carboxylic acids is 1. The molecule has 0 aliphatic carbocycles. The van der Waals surface area contributed by atoms with Crippen LogP contribution in [0.4, 0.5) is 5.69 Å². The lowest BCUT2D eigenvalue weighted by Gasteiger charge is -2.11. The fourth-order valence-electron chi connectivity index (χ4n) is 1.91. The summed E-state index contributed by atoms with van der Waals surface area (Å²) in [6.07, 6.45) is 0. The number of anilines is 1. The molecule has 0 aromatic heterocycles. The molecule has 0 radical (unpaired) electrons. The molecule has 2 aromatic rings.